The Morgan fingerprint density at radius 3 is 2.53 bits per heavy atom. The zero-order chi connectivity index (χ0) is 11.5. The van der Waals surface area contributed by atoms with Gasteiger partial charge in [0, 0.05) is 4.90 Å². The van der Waals surface area contributed by atoms with Gasteiger partial charge < -0.3 is 5.11 Å². The van der Waals surface area contributed by atoms with Crippen LogP contribution in [0.3, 0.4) is 0 Å². The molecule has 2 nitrogen and oxygen atoms in total. The van der Waals surface area contributed by atoms with Crippen LogP contribution in [0.5, 0.6) is 0 Å². The van der Waals surface area contributed by atoms with Crippen molar-refractivity contribution in [3.63, 3.8) is 0 Å². The van der Waals surface area contributed by atoms with Crippen molar-refractivity contribution in [1.29, 1.82) is 0 Å². The Bertz CT molecular complexity index is 358. The largest absolute Gasteiger partial charge is 0.481 e. The molecule has 0 atom stereocenters. The summed E-state index contributed by atoms with van der Waals surface area (Å²) < 4.78 is 0. The molecule has 0 aromatic heterocycles. The maximum absolute atomic E-state index is 11.2. The molecule has 82 valence electrons. The molecule has 0 saturated heterocycles. The van der Waals surface area contributed by atoms with Gasteiger partial charge in [0.25, 0.3) is 0 Å². The predicted octanol–water partition coefficient (Wildman–Crippen LogP) is 3.16. The molecule has 0 saturated carbocycles. The molecular weight excluding hydrogens is 208 g/mol. The van der Waals surface area contributed by atoms with Gasteiger partial charge in [-0.2, -0.15) is 0 Å². The van der Waals surface area contributed by atoms with Crippen molar-refractivity contribution in [2.75, 3.05) is 5.75 Å². The number of carboxylic acid groups (broad SMARTS) is 1. The van der Waals surface area contributed by atoms with E-state index in [-0.39, 0.29) is 0 Å². The van der Waals surface area contributed by atoms with E-state index in [2.05, 4.69) is 6.92 Å². The third-order valence-electron chi connectivity index (χ3n) is 2.39. The third kappa shape index (κ3) is 2.53. The molecule has 0 aliphatic rings. The van der Waals surface area contributed by atoms with E-state index in [9.17, 15) is 9.90 Å². The monoisotopic (exact) mass is 224 g/mol. The fourth-order valence-electron chi connectivity index (χ4n) is 1.38. The van der Waals surface area contributed by atoms with Gasteiger partial charge in [-0.15, -0.1) is 11.8 Å². The molecule has 0 aliphatic heterocycles. The van der Waals surface area contributed by atoms with Gasteiger partial charge in [-0.1, -0.05) is 25.1 Å². The summed E-state index contributed by atoms with van der Waals surface area (Å²) in [6.07, 6.45) is 0. The first kappa shape index (κ1) is 12.1. The van der Waals surface area contributed by atoms with Crippen molar-refractivity contribution in [2.24, 2.45) is 0 Å². The van der Waals surface area contributed by atoms with Crippen molar-refractivity contribution in [1.82, 2.24) is 0 Å². The Hall–Kier alpha value is -0.960. The first-order chi connectivity index (χ1) is 7.00. The van der Waals surface area contributed by atoms with E-state index in [0.29, 0.717) is 0 Å². The maximum atomic E-state index is 11.2. The van der Waals surface area contributed by atoms with Crippen molar-refractivity contribution in [3.05, 3.63) is 29.8 Å². The average Bonchev–Trinajstić information content (AvgIpc) is 2.18. The van der Waals surface area contributed by atoms with Crippen LogP contribution >= 0.6 is 11.8 Å². The second-order valence-electron chi connectivity index (χ2n) is 3.86. The summed E-state index contributed by atoms with van der Waals surface area (Å²) in [5, 5.41) is 9.18. The van der Waals surface area contributed by atoms with E-state index < -0.39 is 11.4 Å². The molecule has 1 rings (SSSR count). The molecule has 0 aliphatic carbocycles. The van der Waals surface area contributed by atoms with Crippen molar-refractivity contribution < 1.29 is 9.90 Å². The quantitative estimate of drug-likeness (QED) is 0.798. The third-order valence-corrected chi connectivity index (χ3v) is 3.35. The zero-order valence-corrected chi connectivity index (χ0v) is 10.1. The lowest BCUT2D eigenvalue weighted by atomic mass is 9.85. The van der Waals surface area contributed by atoms with Gasteiger partial charge in [0.2, 0.25) is 0 Å². The van der Waals surface area contributed by atoms with Gasteiger partial charge in [0.1, 0.15) is 0 Å². The lowest BCUT2D eigenvalue weighted by molar-refractivity contribution is -0.142. The number of hydrogen-bond donors (Lipinski definition) is 1. The topological polar surface area (TPSA) is 37.3 Å². The Morgan fingerprint density at radius 2 is 2.00 bits per heavy atom. The van der Waals surface area contributed by atoms with Crippen LogP contribution < -0.4 is 0 Å². The smallest absolute Gasteiger partial charge is 0.313 e. The molecule has 0 spiro atoms. The van der Waals surface area contributed by atoms with Gasteiger partial charge in [-0.3, -0.25) is 4.79 Å². The summed E-state index contributed by atoms with van der Waals surface area (Å²) in [5.41, 5.74) is 0.0722. The molecule has 1 N–H and O–H groups in total. The van der Waals surface area contributed by atoms with Gasteiger partial charge in [0.15, 0.2) is 0 Å². The molecule has 0 unspecified atom stereocenters. The van der Waals surface area contributed by atoms with Crippen molar-refractivity contribution in [2.45, 2.75) is 31.1 Å². The van der Waals surface area contributed by atoms with E-state index in [1.165, 1.54) is 0 Å². The second kappa shape index (κ2) is 4.71. The van der Waals surface area contributed by atoms with Crippen LogP contribution in [0.25, 0.3) is 0 Å². The van der Waals surface area contributed by atoms with Crippen LogP contribution in [0.4, 0.5) is 0 Å². The molecule has 0 amide bonds. The van der Waals surface area contributed by atoms with Crippen LogP contribution in [0.2, 0.25) is 0 Å². The number of rotatable bonds is 4. The Kier molecular flexibility index (Phi) is 3.80. The fraction of sp³-hybridized carbons (Fsp3) is 0.417. The molecule has 15 heavy (non-hydrogen) atoms. The highest BCUT2D eigenvalue weighted by Gasteiger charge is 2.31. The predicted molar refractivity (Wildman–Crippen MR) is 63.5 cm³/mol. The van der Waals surface area contributed by atoms with E-state index in [1.54, 1.807) is 25.6 Å². The number of hydrogen-bond acceptors (Lipinski definition) is 2. The number of thioether (sulfide) groups is 1. The summed E-state index contributed by atoms with van der Waals surface area (Å²) >= 11 is 1.68. The van der Waals surface area contributed by atoms with Gasteiger partial charge in [0.05, 0.1) is 5.41 Å². The lowest BCUT2D eigenvalue weighted by Crippen LogP contribution is -2.29. The number of carboxylic acids is 1. The molecule has 1 aromatic rings. The van der Waals surface area contributed by atoms with Crippen LogP contribution in [-0.4, -0.2) is 16.8 Å². The van der Waals surface area contributed by atoms with Crippen molar-refractivity contribution in [3.8, 4) is 0 Å². The standard InChI is InChI=1S/C12H16O2S/c1-4-15-10-8-6-5-7-9(10)12(2,3)11(13)14/h5-8H,4H2,1-3H3,(H,13,14). The van der Waals surface area contributed by atoms with Crippen LogP contribution in [0.1, 0.15) is 26.3 Å². The molecule has 1 aromatic carbocycles. The van der Waals surface area contributed by atoms with Crippen molar-refractivity contribution >= 4 is 17.7 Å². The minimum atomic E-state index is -0.821. The minimum Gasteiger partial charge on any atom is -0.481 e. The summed E-state index contributed by atoms with van der Waals surface area (Å²) in [4.78, 5) is 12.2. The van der Waals surface area contributed by atoms with Gasteiger partial charge in [-0.05, 0) is 31.2 Å². The molecule has 0 fully saturated rings. The average molecular weight is 224 g/mol. The first-order valence-electron chi connectivity index (χ1n) is 4.95. The van der Waals surface area contributed by atoms with Crippen LogP contribution in [0, 0.1) is 0 Å². The van der Waals surface area contributed by atoms with E-state index in [4.69, 9.17) is 0 Å². The number of carbonyl (C=O) groups is 1. The summed E-state index contributed by atoms with van der Waals surface area (Å²) in [5.74, 6) is 0.166. The normalized spacial score (nSPS) is 11.4. The van der Waals surface area contributed by atoms with Crippen LogP contribution in [-0.2, 0) is 10.2 Å². The maximum Gasteiger partial charge on any atom is 0.313 e. The highest BCUT2D eigenvalue weighted by atomic mass is 32.2. The molecule has 3 heteroatoms. The van der Waals surface area contributed by atoms with E-state index >= 15 is 0 Å². The highest BCUT2D eigenvalue weighted by Crippen LogP contribution is 2.32. The SMILES string of the molecule is CCSc1ccccc1C(C)(C)C(=O)O. The highest BCUT2D eigenvalue weighted by molar-refractivity contribution is 7.99. The summed E-state index contributed by atoms with van der Waals surface area (Å²) in [6.45, 7) is 5.55. The molecule has 0 radical (unpaired) electrons. The fourth-order valence-corrected chi connectivity index (χ4v) is 2.34. The van der Waals surface area contributed by atoms with Crippen LogP contribution in [0.15, 0.2) is 29.2 Å². The van der Waals surface area contributed by atoms with Gasteiger partial charge in [-0.25, -0.2) is 0 Å². The second-order valence-corrected chi connectivity index (χ2v) is 5.17. The Labute approximate surface area is 94.7 Å². The lowest BCUT2D eigenvalue weighted by Gasteiger charge is -2.22. The Morgan fingerprint density at radius 1 is 1.40 bits per heavy atom. The summed E-state index contributed by atoms with van der Waals surface area (Å²) in [6, 6.07) is 7.71. The van der Waals surface area contributed by atoms with Gasteiger partial charge >= 0.3 is 5.97 Å². The Balaban J connectivity index is 3.18. The minimum absolute atomic E-state index is 0.786. The zero-order valence-electron chi connectivity index (χ0n) is 9.28. The molecule has 0 bridgehead atoms. The van der Waals surface area contributed by atoms with E-state index in [1.807, 2.05) is 24.3 Å². The van der Waals surface area contributed by atoms with E-state index in [0.717, 1.165) is 16.2 Å². The first-order valence-corrected chi connectivity index (χ1v) is 5.94. The summed E-state index contributed by atoms with van der Waals surface area (Å²) in [7, 11) is 0. The number of aliphatic carboxylic acids is 1. The molecule has 0 heterocycles. The number of benzene rings is 1. The molecular formula is C12H16O2S.